The number of methoxy groups -OCH3 is 1. The Labute approximate surface area is 271 Å². The fraction of sp³-hybridized carbons (Fsp3) is 0.257. The second kappa shape index (κ2) is 13.3. The van der Waals surface area contributed by atoms with Crippen LogP contribution < -0.4 is 10.1 Å². The lowest BCUT2D eigenvalue weighted by atomic mass is 9.98. The second-order valence-corrected chi connectivity index (χ2v) is 11.5. The molecule has 2 aliphatic heterocycles. The molecule has 0 radical (unpaired) electrons. The molecular weight excluding hydrogens is 600 g/mol. The van der Waals surface area contributed by atoms with E-state index in [1.807, 2.05) is 60.7 Å². The summed E-state index contributed by atoms with van der Waals surface area (Å²) in [7, 11) is 1.57. The van der Waals surface area contributed by atoms with Crippen molar-refractivity contribution in [3.63, 3.8) is 0 Å². The lowest BCUT2D eigenvalue weighted by molar-refractivity contribution is -0.157. The Morgan fingerprint density at radius 1 is 1.00 bits per heavy atom. The number of urea groups is 1. The third kappa shape index (κ3) is 6.34. The van der Waals surface area contributed by atoms with Gasteiger partial charge in [-0.15, -0.1) is 0 Å². The Bertz CT molecular complexity index is 1850. The molecule has 2 fully saturated rings. The van der Waals surface area contributed by atoms with Gasteiger partial charge in [-0.1, -0.05) is 60.7 Å². The molecule has 47 heavy (non-hydrogen) atoms. The topological polar surface area (TPSA) is 150 Å². The average molecular weight is 635 g/mol. The van der Waals surface area contributed by atoms with Crippen LogP contribution in [0.4, 0.5) is 4.79 Å². The van der Waals surface area contributed by atoms with Crippen molar-refractivity contribution in [2.24, 2.45) is 0 Å². The number of phenols is 2. The zero-order chi connectivity index (χ0) is 33.1. The van der Waals surface area contributed by atoms with Crippen LogP contribution in [-0.2, 0) is 29.1 Å². The number of piperazine rings is 1. The van der Waals surface area contributed by atoms with Gasteiger partial charge in [0.05, 0.1) is 26.3 Å². The van der Waals surface area contributed by atoms with Crippen LogP contribution in [0.2, 0.25) is 0 Å². The van der Waals surface area contributed by atoms with Gasteiger partial charge in [0.15, 0.2) is 11.5 Å². The molecule has 0 spiro atoms. The van der Waals surface area contributed by atoms with Crippen molar-refractivity contribution >= 4 is 28.6 Å². The van der Waals surface area contributed by atoms with E-state index in [2.05, 4.69) is 5.32 Å². The number of nitrogens with zero attached hydrogens (tertiary/aromatic N) is 5. The molecule has 4 amide bonds. The van der Waals surface area contributed by atoms with Gasteiger partial charge in [-0.3, -0.25) is 9.59 Å². The van der Waals surface area contributed by atoms with E-state index in [0.29, 0.717) is 11.3 Å². The molecule has 12 nitrogen and oxygen atoms in total. The van der Waals surface area contributed by atoms with Gasteiger partial charge >= 0.3 is 6.03 Å². The average Bonchev–Trinajstić information content (AvgIpc) is 3.41. The van der Waals surface area contributed by atoms with E-state index in [1.54, 1.807) is 35.2 Å². The number of nitriles is 1. The SMILES string of the molecule is COc1ccc(CNC(=O)N(CC#N)N2CC(=O)N3[C@@H](Cc4ccc(O)c(O)c4)C(=O)N(Cc4cccc5ccccc45)C[C@@H]32)cc1. The number of carbonyl (C=O) groups is 3. The highest BCUT2D eigenvalue weighted by molar-refractivity contribution is 5.92. The van der Waals surface area contributed by atoms with Gasteiger partial charge < -0.3 is 30.1 Å². The van der Waals surface area contributed by atoms with Crippen LogP contribution in [0, 0.1) is 11.3 Å². The van der Waals surface area contributed by atoms with Gasteiger partial charge in [0.2, 0.25) is 11.8 Å². The van der Waals surface area contributed by atoms with E-state index >= 15 is 0 Å². The normalized spacial score (nSPS) is 17.8. The number of phenolic OH excluding ortho intramolecular Hbond substituents is 2. The van der Waals surface area contributed by atoms with Gasteiger partial charge in [0, 0.05) is 19.5 Å². The first kappa shape index (κ1) is 31.2. The van der Waals surface area contributed by atoms with Crippen molar-refractivity contribution in [1.29, 1.82) is 5.26 Å². The first-order chi connectivity index (χ1) is 22.8. The van der Waals surface area contributed by atoms with Gasteiger partial charge in [0.25, 0.3) is 0 Å². The molecule has 2 saturated heterocycles. The van der Waals surface area contributed by atoms with Crippen LogP contribution in [0.25, 0.3) is 10.8 Å². The van der Waals surface area contributed by atoms with Gasteiger partial charge in [0.1, 0.15) is 24.5 Å². The number of hydrogen-bond acceptors (Lipinski definition) is 8. The van der Waals surface area contributed by atoms with Crippen LogP contribution in [-0.4, -0.2) is 86.8 Å². The molecule has 2 atom stereocenters. The maximum absolute atomic E-state index is 14.2. The molecular formula is C35H34N6O6. The summed E-state index contributed by atoms with van der Waals surface area (Å²) in [4.78, 5) is 44.6. The number of benzene rings is 4. The van der Waals surface area contributed by atoms with Crippen molar-refractivity contribution in [3.8, 4) is 23.3 Å². The monoisotopic (exact) mass is 634 g/mol. The number of rotatable bonds is 9. The first-order valence-electron chi connectivity index (χ1n) is 15.2. The maximum Gasteiger partial charge on any atom is 0.333 e. The molecule has 0 aromatic heterocycles. The fourth-order valence-electron chi connectivity index (χ4n) is 6.30. The van der Waals surface area contributed by atoms with E-state index in [4.69, 9.17) is 4.74 Å². The predicted octanol–water partition coefficient (Wildman–Crippen LogP) is 3.33. The van der Waals surface area contributed by atoms with Crippen molar-refractivity contribution < 1.29 is 29.3 Å². The number of fused-ring (bicyclic) bond motifs is 2. The molecule has 0 bridgehead atoms. The Morgan fingerprint density at radius 2 is 1.74 bits per heavy atom. The number of aromatic hydroxyl groups is 2. The number of amides is 4. The van der Waals surface area contributed by atoms with Crippen LogP contribution in [0.3, 0.4) is 0 Å². The van der Waals surface area contributed by atoms with Crippen molar-refractivity contribution in [1.82, 2.24) is 25.1 Å². The number of nitrogens with one attached hydrogen (secondary N) is 1. The summed E-state index contributed by atoms with van der Waals surface area (Å²) in [6.45, 7) is -0.000940. The predicted molar refractivity (Wildman–Crippen MR) is 172 cm³/mol. The number of ether oxygens (including phenoxy) is 1. The smallest absolute Gasteiger partial charge is 0.333 e. The Hall–Kier alpha value is -5.80. The minimum atomic E-state index is -0.962. The molecule has 2 aliphatic rings. The molecule has 0 aliphatic carbocycles. The van der Waals surface area contributed by atoms with E-state index < -0.39 is 18.2 Å². The molecule has 6 rings (SSSR count). The first-order valence-corrected chi connectivity index (χ1v) is 15.2. The van der Waals surface area contributed by atoms with Crippen LogP contribution in [0.5, 0.6) is 17.2 Å². The van der Waals surface area contributed by atoms with Crippen molar-refractivity contribution in [2.75, 3.05) is 26.7 Å². The molecule has 4 aromatic rings. The Morgan fingerprint density at radius 3 is 2.49 bits per heavy atom. The van der Waals surface area contributed by atoms with E-state index in [0.717, 1.165) is 21.9 Å². The Kier molecular flexibility index (Phi) is 8.81. The van der Waals surface area contributed by atoms with Crippen LogP contribution in [0.1, 0.15) is 16.7 Å². The van der Waals surface area contributed by atoms with Crippen molar-refractivity contribution in [3.05, 3.63) is 102 Å². The van der Waals surface area contributed by atoms with Crippen LogP contribution >= 0.6 is 0 Å². The molecule has 2 heterocycles. The maximum atomic E-state index is 14.2. The summed E-state index contributed by atoms with van der Waals surface area (Å²) in [5.41, 5.74) is 2.28. The highest BCUT2D eigenvalue weighted by Gasteiger charge is 2.52. The molecule has 240 valence electrons. The van der Waals surface area contributed by atoms with E-state index in [-0.39, 0.29) is 62.5 Å². The zero-order valence-electron chi connectivity index (χ0n) is 25.7. The second-order valence-electron chi connectivity index (χ2n) is 11.5. The van der Waals surface area contributed by atoms with Crippen LogP contribution in [0.15, 0.2) is 84.9 Å². The highest BCUT2D eigenvalue weighted by Crippen LogP contribution is 2.33. The lowest BCUT2D eigenvalue weighted by Gasteiger charge is -2.46. The molecule has 0 saturated carbocycles. The van der Waals surface area contributed by atoms with Gasteiger partial charge in [-0.25, -0.2) is 9.80 Å². The minimum absolute atomic E-state index is 0.0662. The summed E-state index contributed by atoms with van der Waals surface area (Å²) in [6.07, 6.45) is -0.678. The summed E-state index contributed by atoms with van der Waals surface area (Å²) in [6, 6.07) is 25.8. The number of hydrogen-bond donors (Lipinski definition) is 3. The van der Waals surface area contributed by atoms with E-state index in [1.165, 1.54) is 22.0 Å². The molecule has 3 N–H and O–H groups in total. The van der Waals surface area contributed by atoms with Crippen molar-refractivity contribution in [2.45, 2.75) is 31.7 Å². The highest BCUT2D eigenvalue weighted by atomic mass is 16.5. The molecule has 12 heteroatoms. The largest absolute Gasteiger partial charge is 0.504 e. The lowest BCUT2D eigenvalue weighted by Crippen LogP contribution is -2.66. The van der Waals surface area contributed by atoms with E-state index in [9.17, 15) is 29.9 Å². The number of hydrazine groups is 1. The zero-order valence-corrected chi connectivity index (χ0v) is 25.7. The third-order valence-electron chi connectivity index (χ3n) is 8.64. The molecule has 0 unspecified atom stereocenters. The minimum Gasteiger partial charge on any atom is -0.504 e. The standard InChI is InChI=1S/C35H34N6O6/c1-47-27-12-9-23(10-13-27)19-37-35(46)39(16-15-36)40-22-33(44)41-29(17-24-11-14-30(42)31(43)18-24)34(45)38(21-32(40)41)20-26-7-4-6-25-5-2-3-8-28(25)26/h2-14,18,29,32,42-43H,16-17,19-22H2,1H3,(H,37,46)/t29-,32+/m0/s1. The fourth-order valence-corrected chi connectivity index (χ4v) is 6.30. The van der Waals surface area contributed by atoms with Gasteiger partial charge in [-0.2, -0.15) is 10.3 Å². The summed E-state index contributed by atoms with van der Waals surface area (Å²) in [5.74, 6) is -0.605. The van der Waals surface area contributed by atoms with Gasteiger partial charge in [-0.05, 0) is 51.7 Å². The summed E-state index contributed by atoms with van der Waals surface area (Å²) in [5, 5.41) is 37.4. The Balaban J connectivity index is 1.31. The summed E-state index contributed by atoms with van der Waals surface area (Å²) < 4.78 is 5.20. The molecule has 4 aromatic carbocycles. The third-order valence-corrected chi connectivity index (χ3v) is 8.64. The summed E-state index contributed by atoms with van der Waals surface area (Å²) >= 11 is 0. The quantitative estimate of drug-likeness (QED) is 0.188. The number of carbonyl (C=O) groups excluding carboxylic acids is 3.